The zero-order valence-electron chi connectivity index (χ0n) is 4.30. The molecule has 1 unspecified atom stereocenters. The van der Waals surface area contributed by atoms with E-state index in [1.165, 1.54) is 0 Å². The Hall–Kier alpha value is -0.640. The normalized spacial score (nSPS) is 12.7. The van der Waals surface area contributed by atoms with Gasteiger partial charge in [-0.05, 0) is 0 Å². The van der Waals surface area contributed by atoms with E-state index < -0.39 is 23.8 Å². The van der Waals surface area contributed by atoms with Crippen LogP contribution in [0, 0.1) is 0 Å². The van der Waals surface area contributed by atoms with Gasteiger partial charge < -0.3 is 5.11 Å². The van der Waals surface area contributed by atoms with Crippen molar-refractivity contribution in [3.8, 4) is 0 Å². The molecule has 0 amide bonds. The molecule has 0 bridgehead atoms. The molecule has 0 fully saturated rings. The molecule has 0 aliphatic carbocycles. The third-order valence-corrected chi connectivity index (χ3v) is 0.895. The Labute approximate surface area is 55.4 Å². The highest BCUT2D eigenvalue weighted by molar-refractivity contribution is 6.30. The Bertz CT molecular complexity index is 136. The number of carboxylic acids is 1. The van der Waals surface area contributed by atoms with Gasteiger partial charge in [0.05, 0.1) is 5.88 Å². The van der Waals surface area contributed by atoms with Gasteiger partial charge in [0.25, 0.3) is 6.17 Å². The lowest BCUT2D eigenvalue weighted by atomic mass is 10.3. The maximum absolute atomic E-state index is 11.9. The molecule has 0 spiro atoms. The fourth-order valence-electron chi connectivity index (χ4n) is 0.205. The van der Waals surface area contributed by atoms with Crippen molar-refractivity contribution in [2.45, 2.75) is 6.17 Å². The van der Waals surface area contributed by atoms with Crippen LogP contribution in [0.3, 0.4) is 0 Å². The van der Waals surface area contributed by atoms with Gasteiger partial charge in [0.2, 0.25) is 0 Å². The van der Waals surface area contributed by atoms with Gasteiger partial charge in [0.1, 0.15) is 0 Å². The molecule has 0 aliphatic rings. The Morgan fingerprint density at radius 2 is 2.11 bits per heavy atom. The highest BCUT2D eigenvalue weighted by atomic mass is 35.5. The number of carboxylic acid groups (broad SMARTS) is 1. The summed E-state index contributed by atoms with van der Waals surface area (Å²) in [6, 6.07) is 0. The largest absolute Gasteiger partial charge is 0.479 e. The van der Waals surface area contributed by atoms with E-state index in [0.717, 1.165) is 0 Å². The van der Waals surface area contributed by atoms with E-state index in [-0.39, 0.29) is 0 Å². The fourth-order valence-corrected chi connectivity index (χ4v) is 0.341. The lowest BCUT2D eigenvalue weighted by Gasteiger charge is -1.95. The zero-order chi connectivity index (χ0) is 7.44. The maximum atomic E-state index is 11.9. The molecule has 0 radical (unpaired) electrons. The molecule has 0 saturated carbocycles. The van der Waals surface area contributed by atoms with E-state index in [1.54, 1.807) is 0 Å². The summed E-state index contributed by atoms with van der Waals surface area (Å²) in [4.78, 5) is 19.7. The van der Waals surface area contributed by atoms with Gasteiger partial charge in [-0.25, -0.2) is 9.18 Å². The summed E-state index contributed by atoms with van der Waals surface area (Å²) in [7, 11) is 0. The van der Waals surface area contributed by atoms with Gasteiger partial charge in [0, 0.05) is 0 Å². The quantitative estimate of drug-likeness (QED) is 0.467. The number of hydrogen-bond acceptors (Lipinski definition) is 2. The van der Waals surface area contributed by atoms with E-state index >= 15 is 0 Å². The number of ketones is 1. The van der Waals surface area contributed by atoms with Gasteiger partial charge in [-0.3, -0.25) is 4.79 Å². The summed E-state index contributed by atoms with van der Waals surface area (Å²) in [6.45, 7) is 0. The average Bonchev–Trinajstić information content (AvgIpc) is 1.84. The van der Waals surface area contributed by atoms with Crippen molar-refractivity contribution in [2.24, 2.45) is 0 Å². The molecule has 0 rings (SSSR count). The van der Waals surface area contributed by atoms with Crippen LogP contribution >= 0.6 is 11.6 Å². The van der Waals surface area contributed by atoms with Crippen molar-refractivity contribution < 1.29 is 19.1 Å². The third kappa shape index (κ3) is 2.41. The number of alkyl halides is 2. The number of aliphatic carboxylic acids is 1. The van der Waals surface area contributed by atoms with Crippen LogP contribution in [0.15, 0.2) is 0 Å². The first-order chi connectivity index (χ1) is 4.09. The Balaban J connectivity index is 3.88. The van der Waals surface area contributed by atoms with E-state index in [2.05, 4.69) is 0 Å². The summed E-state index contributed by atoms with van der Waals surface area (Å²) < 4.78 is 11.9. The average molecular weight is 155 g/mol. The molecule has 0 saturated heterocycles. The molecule has 0 aliphatic heterocycles. The van der Waals surface area contributed by atoms with Gasteiger partial charge in [0.15, 0.2) is 5.78 Å². The van der Waals surface area contributed by atoms with Crippen molar-refractivity contribution in [1.82, 2.24) is 0 Å². The predicted octanol–water partition coefficient (Wildman–Crippen LogP) is 0.217. The summed E-state index contributed by atoms with van der Waals surface area (Å²) in [5, 5.41) is 7.83. The van der Waals surface area contributed by atoms with Gasteiger partial charge in [-0.2, -0.15) is 0 Å². The minimum absolute atomic E-state index is 0.604. The first-order valence-corrected chi connectivity index (χ1v) is 2.58. The van der Waals surface area contributed by atoms with Crippen LogP contribution in [0.2, 0.25) is 0 Å². The molecule has 52 valence electrons. The molecule has 1 atom stereocenters. The number of Topliss-reactive ketones (excluding diaryl/α,β-unsaturated/α-hetero) is 1. The summed E-state index contributed by atoms with van der Waals surface area (Å²) in [5.74, 6) is -3.52. The molecule has 0 aromatic carbocycles. The van der Waals surface area contributed by atoms with Crippen LogP contribution in [0.4, 0.5) is 4.39 Å². The van der Waals surface area contributed by atoms with Gasteiger partial charge >= 0.3 is 5.97 Å². The van der Waals surface area contributed by atoms with E-state index in [1.807, 2.05) is 0 Å². The second kappa shape index (κ2) is 3.40. The minimum atomic E-state index is -2.47. The first kappa shape index (κ1) is 8.36. The van der Waals surface area contributed by atoms with Gasteiger partial charge in [-0.15, -0.1) is 11.6 Å². The Morgan fingerprint density at radius 3 is 2.22 bits per heavy atom. The lowest BCUT2D eigenvalue weighted by Crippen LogP contribution is -2.25. The van der Waals surface area contributed by atoms with Crippen LogP contribution in [0.25, 0.3) is 0 Å². The lowest BCUT2D eigenvalue weighted by molar-refractivity contribution is -0.146. The van der Waals surface area contributed by atoms with Crippen molar-refractivity contribution in [2.75, 3.05) is 5.88 Å². The van der Waals surface area contributed by atoms with Crippen molar-refractivity contribution >= 4 is 23.4 Å². The summed E-state index contributed by atoms with van der Waals surface area (Å²) >= 11 is 4.84. The van der Waals surface area contributed by atoms with Crippen LogP contribution in [-0.4, -0.2) is 28.9 Å². The molecule has 1 N–H and O–H groups in total. The van der Waals surface area contributed by atoms with Crippen molar-refractivity contribution in [1.29, 1.82) is 0 Å². The number of rotatable bonds is 3. The van der Waals surface area contributed by atoms with Crippen LogP contribution in [-0.2, 0) is 9.59 Å². The minimum Gasteiger partial charge on any atom is -0.479 e. The molecule has 3 nitrogen and oxygen atoms in total. The molecule has 0 aromatic rings. The van der Waals surface area contributed by atoms with Gasteiger partial charge in [-0.1, -0.05) is 0 Å². The second-order valence-corrected chi connectivity index (χ2v) is 1.57. The molecule has 5 heteroatoms. The Morgan fingerprint density at radius 1 is 1.67 bits per heavy atom. The maximum Gasteiger partial charge on any atom is 0.346 e. The predicted molar refractivity (Wildman–Crippen MR) is 28.3 cm³/mol. The Kier molecular flexibility index (Phi) is 3.16. The second-order valence-electron chi connectivity index (χ2n) is 1.30. The van der Waals surface area contributed by atoms with Crippen LogP contribution in [0.1, 0.15) is 0 Å². The van der Waals surface area contributed by atoms with Crippen molar-refractivity contribution in [3.05, 3.63) is 0 Å². The molecular weight excluding hydrogens is 150 g/mol. The van der Waals surface area contributed by atoms with E-state index in [0.29, 0.717) is 0 Å². The summed E-state index contributed by atoms with van der Waals surface area (Å²) in [5.41, 5.74) is 0. The zero-order valence-corrected chi connectivity index (χ0v) is 5.06. The summed E-state index contributed by atoms with van der Waals surface area (Å²) in [6.07, 6.45) is -2.47. The smallest absolute Gasteiger partial charge is 0.346 e. The molecular formula is C4H4ClFO3. The topological polar surface area (TPSA) is 54.4 Å². The highest BCUT2D eigenvalue weighted by Crippen LogP contribution is 1.94. The number of carbonyl (C=O) groups excluding carboxylic acids is 1. The molecule has 0 heterocycles. The molecule has 0 aromatic heterocycles. The number of carbonyl (C=O) groups is 2. The standard InChI is InChI=1S/C4H4ClFO3/c5-1-2(7)3(6)4(8)9/h3H,1H2,(H,8,9). The number of halogens is 2. The van der Waals surface area contributed by atoms with Crippen LogP contribution in [0.5, 0.6) is 0 Å². The SMILES string of the molecule is O=C(O)C(F)C(=O)CCl. The highest BCUT2D eigenvalue weighted by Gasteiger charge is 2.23. The first-order valence-electron chi connectivity index (χ1n) is 2.05. The van der Waals surface area contributed by atoms with Crippen LogP contribution < -0.4 is 0 Å². The fraction of sp³-hybridized carbons (Fsp3) is 0.500. The third-order valence-electron chi connectivity index (χ3n) is 0.631. The van der Waals surface area contributed by atoms with E-state index in [9.17, 15) is 14.0 Å². The van der Waals surface area contributed by atoms with Crippen molar-refractivity contribution in [3.63, 3.8) is 0 Å². The molecule has 9 heavy (non-hydrogen) atoms. The monoisotopic (exact) mass is 154 g/mol. The number of hydrogen-bond donors (Lipinski definition) is 1. The van der Waals surface area contributed by atoms with E-state index in [4.69, 9.17) is 16.7 Å².